The number of carbonyl (C=O) groups is 1. The normalized spacial score (nSPS) is 28.3. The SMILES string of the molecule is COCO[C@H]1C[C@H]2C=CN(S(=O)(=O)c3ccc([N+](=O)[O-])cc3)C[C@H]2[C@@]1(CO)C(=O)O. The Morgan fingerprint density at radius 2 is 2.03 bits per heavy atom. The van der Waals surface area contributed by atoms with E-state index in [4.69, 9.17) is 9.47 Å². The number of fused-ring (bicyclic) bond motifs is 1. The molecule has 0 aromatic heterocycles. The minimum Gasteiger partial charge on any atom is -0.481 e. The number of aliphatic hydroxyl groups excluding tert-OH is 1. The van der Waals surface area contributed by atoms with Crippen molar-refractivity contribution in [1.29, 1.82) is 0 Å². The van der Waals surface area contributed by atoms with Gasteiger partial charge in [0.1, 0.15) is 12.2 Å². The first-order chi connectivity index (χ1) is 14.2. The van der Waals surface area contributed by atoms with Gasteiger partial charge >= 0.3 is 5.97 Å². The number of hydrogen-bond acceptors (Lipinski definition) is 8. The van der Waals surface area contributed by atoms with Crippen molar-refractivity contribution in [2.75, 3.05) is 27.1 Å². The maximum Gasteiger partial charge on any atom is 0.315 e. The fraction of sp³-hybridized carbons (Fsp3) is 0.500. The summed E-state index contributed by atoms with van der Waals surface area (Å²) >= 11 is 0. The maximum absolute atomic E-state index is 13.0. The number of non-ortho nitro benzene ring substituents is 1. The van der Waals surface area contributed by atoms with Gasteiger partial charge in [0.05, 0.1) is 22.5 Å². The molecule has 1 heterocycles. The van der Waals surface area contributed by atoms with Crippen LogP contribution in [0.1, 0.15) is 6.42 Å². The molecule has 2 aliphatic rings. The van der Waals surface area contributed by atoms with Crippen LogP contribution in [-0.4, -0.2) is 67.0 Å². The minimum atomic E-state index is -4.08. The van der Waals surface area contributed by atoms with Crippen molar-refractivity contribution >= 4 is 21.7 Å². The van der Waals surface area contributed by atoms with Crippen molar-refractivity contribution in [2.24, 2.45) is 17.3 Å². The number of sulfonamides is 1. The van der Waals surface area contributed by atoms with Gasteiger partial charge in [-0.15, -0.1) is 0 Å². The topological polar surface area (TPSA) is 157 Å². The van der Waals surface area contributed by atoms with Crippen LogP contribution in [0, 0.1) is 27.4 Å². The number of rotatable bonds is 8. The average molecular weight is 442 g/mol. The molecule has 3 rings (SSSR count). The number of allylic oxidation sites excluding steroid dienone is 1. The second kappa shape index (κ2) is 8.30. The van der Waals surface area contributed by atoms with Crippen LogP contribution in [0.3, 0.4) is 0 Å². The van der Waals surface area contributed by atoms with E-state index in [9.17, 15) is 33.5 Å². The van der Waals surface area contributed by atoms with E-state index in [-0.39, 0.29) is 29.8 Å². The van der Waals surface area contributed by atoms with Gasteiger partial charge in [-0.1, -0.05) is 6.08 Å². The number of benzene rings is 1. The van der Waals surface area contributed by atoms with E-state index in [0.717, 1.165) is 28.6 Å². The van der Waals surface area contributed by atoms with Crippen molar-refractivity contribution in [2.45, 2.75) is 17.4 Å². The molecule has 2 N–H and O–H groups in total. The summed E-state index contributed by atoms with van der Waals surface area (Å²) in [5, 5.41) is 30.7. The molecule has 1 saturated carbocycles. The van der Waals surface area contributed by atoms with E-state index < -0.39 is 45.0 Å². The zero-order valence-electron chi connectivity index (χ0n) is 16.1. The van der Waals surface area contributed by atoms with Crippen molar-refractivity contribution in [1.82, 2.24) is 4.31 Å². The van der Waals surface area contributed by atoms with Crippen molar-refractivity contribution in [3.63, 3.8) is 0 Å². The first-order valence-corrected chi connectivity index (χ1v) is 10.5. The number of methoxy groups -OCH3 is 1. The number of hydrogen-bond donors (Lipinski definition) is 2. The third-order valence-corrected chi connectivity index (χ3v) is 7.57. The highest BCUT2D eigenvalue weighted by atomic mass is 32.2. The third-order valence-electron chi connectivity index (χ3n) is 5.82. The minimum absolute atomic E-state index is 0.159. The molecule has 0 unspecified atom stereocenters. The molecule has 164 valence electrons. The Balaban J connectivity index is 1.92. The largest absolute Gasteiger partial charge is 0.481 e. The third kappa shape index (κ3) is 3.55. The molecule has 1 aromatic carbocycles. The summed E-state index contributed by atoms with van der Waals surface area (Å²) in [6, 6.07) is 4.43. The molecule has 0 radical (unpaired) electrons. The number of aliphatic hydroxyl groups is 1. The lowest BCUT2D eigenvalue weighted by molar-refractivity contribution is -0.384. The fourth-order valence-electron chi connectivity index (χ4n) is 4.22. The van der Waals surface area contributed by atoms with Crippen LogP contribution in [0.15, 0.2) is 41.4 Å². The summed E-state index contributed by atoms with van der Waals surface area (Å²) in [5.41, 5.74) is -1.95. The summed E-state index contributed by atoms with van der Waals surface area (Å²) in [4.78, 5) is 22.2. The number of carboxylic acid groups (broad SMARTS) is 1. The predicted octanol–water partition coefficient (Wildman–Crippen LogP) is 0.801. The molecular formula is C18H22N2O9S. The molecule has 1 aliphatic carbocycles. The van der Waals surface area contributed by atoms with Crippen LogP contribution in [0.4, 0.5) is 5.69 Å². The molecule has 0 bridgehead atoms. The van der Waals surface area contributed by atoms with Gasteiger partial charge in [0.25, 0.3) is 15.7 Å². The molecule has 0 saturated heterocycles. The number of nitrogens with zero attached hydrogens (tertiary/aromatic N) is 2. The quantitative estimate of drug-likeness (QED) is 0.338. The molecule has 12 heteroatoms. The number of carboxylic acids is 1. The van der Waals surface area contributed by atoms with E-state index in [1.165, 1.54) is 13.3 Å². The highest BCUT2D eigenvalue weighted by Crippen LogP contribution is 2.51. The predicted molar refractivity (Wildman–Crippen MR) is 102 cm³/mol. The molecule has 1 fully saturated rings. The van der Waals surface area contributed by atoms with E-state index >= 15 is 0 Å². The van der Waals surface area contributed by atoms with Gasteiger partial charge in [-0.25, -0.2) is 8.42 Å². The maximum atomic E-state index is 13.0. The Morgan fingerprint density at radius 3 is 2.57 bits per heavy atom. The molecule has 0 amide bonds. The molecule has 30 heavy (non-hydrogen) atoms. The lowest BCUT2D eigenvalue weighted by Crippen LogP contribution is -2.52. The Kier molecular flexibility index (Phi) is 6.13. The summed E-state index contributed by atoms with van der Waals surface area (Å²) in [6.45, 7) is -1.06. The number of nitro groups is 1. The van der Waals surface area contributed by atoms with Crippen LogP contribution in [-0.2, 0) is 24.3 Å². The Bertz CT molecular complexity index is 947. The first-order valence-electron chi connectivity index (χ1n) is 9.08. The Labute approximate surface area is 172 Å². The van der Waals surface area contributed by atoms with Crippen molar-refractivity contribution < 1.29 is 37.8 Å². The van der Waals surface area contributed by atoms with Crippen LogP contribution in [0.2, 0.25) is 0 Å². The van der Waals surface area contributed by atoms with Gasteiger partial charge in [-0.3, -0.25) is 19.2 Å². The van der Waals surface area contributed by atoms with Gasteiger partial charge in [-0.2, -0.15) is 0 Å². The zero-order chi connectivity index (χ0) is 22.1. The smallest absolute Gasteiger partial charge is 0.315 e. The summed E-state index contributed by atoms with van der Waals surface area (Å²) in [7, 11) is -2.69. The molecule has 0 spiro atoms. The van der Waals surface area contributed by atoms with Gasteiger partial charge < -0.3 is 19.7 Å². The standard InChI is InChI=1S/C18H22N2O9S/c1-28-11-29-16-8-12-6-7-19(9-15(12)18(16,10-21)17(22)23)30(26,27)14-4-2-13(3-5-14)20(24)25/h2-7,12,15-16,21H,8-11H2,1H3,(H,22,23)/t12-,15-,16+,18-/m1/s1. The fourth-order valence-corrected chi connectivity index (χ4v) is 5.56. The summed E-state index contributed by atoms with van der Waals surface area (Å²) in [6.07, 6.45) is 2.39. The lowest BCUT2D eigenvalue weighted by Gasteiger charge is -2.39. The van der Waals surface area contributed by atoms with Crippen molar-refractivity contribution in [3.05, 3.63) is 46.7 Å². The lowest BCUT2D eigenvalue weighted by atomic mass is 9.74. The van der Waals surface area contributed by atoms with Crippen LogP contribution in [0.25, 0.3) is 0 Å². The summed E-state index contributed by atoms with van der Waals surface area (Å²) in [5.74, 6) is -2.32. The van der Waals surface area contributed by atoms with Gasteiger partial charge in [0, 0.05) is 37.9 Å². The second-order valence-corrected chi connectivity index (χ2v) is 9.13. The zero-order valence-corrected chi connectivity index (χ0v) is 16.9. The van der Waals surface area contributed by atoms with Gasteiger partial charge in [0.2, 0.25) is 0 Å². The number of ether oxygens (including phenoxy) is 2. The monoisotopic (exact) mass is 442 g/mol. The number of nitro benzene ring substituents is 1. The van der Waals surface area contributed by atoms with Gasteiger partial charge in [0.15, 0.2) is 0 Å². The average Bonchev–Trinajstić information content (AvgIpc) is 3.05. The highest BCUT2D eigenvalue weighted by molar-refractivity contribution is 7.89. The number of aliphatic carboxylic acids is 1. The highest BCUT2D eigenvalue weighted by Gasteiger charge is 2.61. The van der Waals surface area contributed by atoms with E-state index in [1.807, 2.05) is 0 Å². The van der Waals surface area contributed by atoms with Crippen LogP contribution in [0.5, 0.6) is 0 Å². The van der Waals surface area contributed by atoms with Crippen molar-refractivity contribution in [3.8, 4) is 0 Å². The summed E-state index contributed by atoms with van der Waals surface area (Å²) < 4.78 is 37.4. The molecular weight excluding hydrogens is 420 g/mol. The molecule has 1 aliphatic heterocycles. The van der Waals surface area contributed by atoms with Gasteiger partial charge in [-0.05, 0) is 24.5 Å². The molecule has 4 atom stereocenters. The van der Waals surface area contributed by atoms with Crippen LogP contribution < -0.4 is 0 Å². The second-order valence-electron chi connectivity index (χ2n) is 7.24. The molecule has 11 nitrogen and oxygen atoms in total. The Hall–Kier alpha value is -2.54. The van der Waals surface area contributed by atoms with E-state index in [1.54, 1.807) is 6.08 Å². The molecule has 1 aromatic rings. The van der Waals surface area contributed by atoms with E-state index in [2.05, 4.69) is 0 Å². The van der Waals surface area contributed by atoms with Crippen LogP contribution >= 0.6 is 0 Å². The first kappa shape index (κ1) is 22.2. The Morgan fingerprint density at radius 1 is 1.37 bits per heavy atom. The van der Waals surface area contributed by atoms with E-state index in [0.29, 0.717) is 6.42 Å².